The maximum atomic E-state index is 12.0. The Balaban J connectivity index is 1.41. The topological polar surface area (TPSA) is 77.7 Å². The van der Waals surface area contributed by atoms with Crippen LogP contribution in [0, 0.1) is 19.8 Å². The van der Waals surface area contributed by atoms with E-state index in [0.29, 0.717) is 18.2 Å². The highest BCUT2D eigenvalue weighted by molar-refractivity contribution is 5.73. The first-order chi connectivity index (χ1) is 11.3. The first-order valence-corrected chi connectivity index (χ1v) is 8.91. The second-order valence-corrected chi connectivity index (χ2v) is 7.55. The van der Waals surface area contributed by atoms with Gasteiger partial charge in [0.2, 0.25) is 0 Å². The van der Waals surface area contributed by atoms with Gasteiger partial charge in [-0.05, 0) is 58.6 Å². The molecule has 2 unspecified atom stereocenters. The van der Waals surface area contributed by atoms with Crippen LogP contribution >= 0.6 is 0 Å². The van der Waals surface area contributed by atoms with Gasteiger partial charge in [-0.25, -0.2) is 4.79 Å². The summed E-state index contributed by atoms with van der Waals surface area (Å²) in [6.45, 7) is 8.46. The van der Waals surface area contributed by atoms with Gasteiger partial charge in [0.1, 0.15) is 17.1 Å². The summed E-state index contributed by atoms with van der Waals surface area (Å²) in [6.07, 6.45) is 3.83. The minimum Gasteiger partial charge on any atom is -0.466 e. The Hall–Kier alpha value is -1.53. The lowest BCUT2D eigenvalue weighted by Gasteiger charge is -2.23. The van der Waals surface area contributed by atoms with Crippen molar-refractivity contribution in [2.75, 3.05) is 26.2 Å². The van der Waals surface area contributed by atoms with E-state index in [1.807, 2.05) is 19.9 Å². The molecule has 0 bridgehead atoms. The number of furan rings is 1. The van der Waals surface area contributed by atoms with Crippen molar-refractivity contribution in [1.82, 2.24) is 15.5 Å². The van der Waals surface area contributed by atoms with Gasteiger partial charge in [0.25, 0.3) is 0 Å². The van der Waals surface area contributed by atoms with E-state index in [2.05, 4.69) is 15.5 Å². The van der Waals surface area contributed by atoms with Crippen LogP contribution in [0.3, 0.4) is 0 Å². The van der Waals surface area contributed by atoms with Crippen LogP contribution in [0.2, 0.25) is 0 Å². The zero-order valence-corrected chi connectivity index (χ0v) is 14.9. The molecule has 2 amide bonds. The van der Waals surface area contributed by atoms with Crippen LogP contribution < -0.4 is 10.6 Å². The van der Waals surface area contributed by atoms with E-state index in [1.165, 1.54) is 12.8 Å². The zero-order chi connectivity index (χ0) is 17.3. The van der Waals surface area contributed by atoms with E-state index in [4.69, 9.17) is 4.42 Å². The van der Waals surface area contributed by atoms with Gasteiger partial charge in [-0.1, -0.05) is 0 Å². The molecule has 0 aromatic carbocycles. The van der Waals surface area contributed by atoms with Crippen molar-refractivity contribution in [2.45, 2.75) is 51.7 Å². The van der Waals surface area contributed by atoms with Crippen LogP contribution in [0.25, 0.3) is 0 Å². The van der Waals surface area contributed by atoms with Crippen molar-refractivity contribution in [3.05, 3.63) is 23.2 Å². The van der Waals surface area contributed by atoms with Gasteiger partial charge in [0.05, 0.1) is 6.54 Å². The Labute approximate surface area is 143 Å². The molecule has 134 valence electrons. The number of nitrogens with zero attached hydrogens (tertiary/aromatic N) is 1. The van der Waals surface area contributed by atoms with Crippen molar-refractivity contribution < 1.29 is 14.3 Å². The smallest absolute Gasteiger partial charge is 0.314 e. The molecule has 6 nitrogen and oxygen atoms in total. The number of carbonyl (C=O) groups is 1. The predicted molar refractivity (Wildman–Crippen MR) is 91.9 cm³/mol. The number of hydrogen-bond donors (Lipinski definition) is 3. The van der Waals surface area contributed by atoms with Gasteiger partial charge in [0, 0.05) is 24.7 Å². The van der Waals surface area contributed by atoms with Gasteiger partial charge >= 0.3 is 6.03 Å². The van der Waals surface area contributed by atoms with Crippen LogP contribution in [0.15, 0.2) is 10.5 Å². The number of hydrogen-bond acceptors (Lipinski definition) is 4. The number of carbonyl (C=O) groups excluding carboxylic acids is 1. The van der Waals surface area contributed by atoms with Gasteiger partial charge < -0.3 is 25.1 Å². The molecule has 2 aliphatic rings. The largest absolute Gasteiger partial charge is 0.466 e. The van der Waals surface area contributed by atoms with Crippen LogP contribution in [0.5, 0.6) is 0 Å². The SMILES string of the molecule is Cc1cc(C(C)(O)CNC(=O)NCC2CCN(C3CC3)C2)c(C)o1. The van der Waals surface area contributed by atoms with E-state index in [1.54, 1.807) is 6.92 Å². The third-order valence-electron chi connectivity index (χ3n) is 5.15. The Morgan fingerprint density at radius 1 is 1.38 bits per heavy atom. The summed E-state index contributed by atoms with van der Waals surface area (Å²) in [6, 6.07) is 2.40. The second-order valence-electron chi connectivity index (χ2n) is 7.55. The van der Waals surface area contributed by atoms with Crippen LogP contribution in [0.1, 0.15) is 43.3 Å². The minimum atomic E-state index is -1.14. The summed E-state index contributed by atoms with van der Waals surface area (Å²) in [5.41, 5.74) is -0.425. The van der Waals surface area contributed by atoms with Crippen LogP contribution in [-0.4, -0.2) is 48.3 Å². The fraction of sp³-hybridized carbons (Fsp3) is 0.722. The van der Waals surface area contributed by atoms with Crippen molar-refractivity contribution in [3.63, 3.8) is 0 Å². The number of likely N-dealkylation sites (tertiary alicyclic amines) is 1. The zero-order valence-electron chi connectivity index (χ0n) is 14.9. The number of aryl methyl sites for hydroxylation is 2. The molecule has 0 radical (unpaired) electrons. The number of rotatable bonds is 6. The second kappa shape index (κ2) is 6.76. The van der Waals surface area contributed by atoms with Gasteiger partial charge in [-0.15, -0.1) is 0 Å². The molecule has 1 aliphatic heterocycles. The lowest BCUT2D eigenvalue weighted by Crippen LogP contribution is -2.45. The molecule has 1 aromatic rings. The maximum absolute atomic E-state index is 12.0. The molecule has 0 spiro atoms. The molecule has 3 rings (SSSR count). The number of nitrogens with one attached hydrogen (secondary N) is 2. The van der Waals surface area contributed by atoms with Crippen molar-refractivity contribution in [3.8, 4) is 0 Å². The summed E-state index contributed by atoms with van der Waals surface area (Å²) < 4.78 is 5.46. The summed E-state index contributed by atoms with van der Waals surface area (Å²) in [5, 5.41) is 16.3. The highest BCUT2D eigenvalue weighted by atomic mass is 16.3. The molecule has 2 atom stereocenters. The lowest BCUT2D eigenvalue weighted by atomic mass is 9.96. The van der Waals surface area contributed by atoms with E-state index in [0.717, 1.165) is 36.9 Å². The molecule has 3 N–H and O–H groups in total. The Bertz CT molecular complexity index is 592. The standard InChI is InChI=1S/C18H29N3O3/c1-12-8-16(13(2)24-12)18(3,23)11-20-17(22)19-9-14-6-7-21(10-14)15-4-5-15/h8,14-15,23H,4-7,9-11H2,1-3H3,(H2,19,20,22). The van der Waals surface area contributed by atoms with Gasteiger partial charge in [0.15, 0.2) is 0 Å². The average molecular weight is 335 g/mol. The Kier molecular flexibility index (Phi) is 4.88. The quantitative estimate of drug-likeness (QED) is 0.742. The number of amides is 2. The van der Waals surface area contributed by atoms with Crippen molar-refractivity contribution in [2.24, 2.45) is 5.92 Å². The fourth-order valence-corrected chi connectivity index (χ4v) is 3.61. The lowest BCUT2D eigenvalue weighted by molar-refractivity contribution is 0.0578. The molecule has 1 saturated heterocycles. The maximum Gasteiger partial charge on any atom is 0.314 e. The third kappa shape index (κ3) is 4.11. The third-order valence-corrected chi connectivity index (χ3v) is 5.15. The van der Waals surface area contributed by atoms with Crippen molar-refractivity contribution in [1.29, 1.82) is 0 Å². The number of urea groups is 1. The van der Waals surface area contributed by atoms with Gasteiger partial charge in [-0.2, -0.15) is 0 Å². The highest BCUT2D eigenvalue weighted by Crippen LogP contribution is 2.31. The molecule has 24 heavy (non-hydrogen) atoms. The summed E-state index contributed by atoms with van der Waals surface area (Å²) in [5.74, 6) is 1.98. The molecular formula is C18H29N3O3. The van der Waals surface area contributed by atoms with Crippen molar-refractivity contribution >= 4 is 6.03 Å². The van der Waals surface area contributed by atoms with Gasteiger partial charge in [-0.3, -0.25) is 0 Å². The summed E-state index contributed by atoms with van der Waals surface area (Å²) >= 11 is 0. The van der Waals surface area contributed by atoms with Crippen LogP contribution in [0.4, 0.5) is 4.79 Å². The Morgan fingerprint density at radius 3 is 2.75 bits per heavy atom. The normalized spacial score (nSPS) is 23.9. The molecule has 1 aliphatic carbocycles. The Morgan fingerprint density at radius 2 is 2.12 bits per heavy atom. The molecular weight excluding hydrogens is 306 g/mol. The molecule has 1 aromatic heterocycles. The minimum absolute atomic E-state index is 0.150. The summed E-state index contributed by atoms with van der Waals surface area (Å²) in [7, 11) is 0. The van der Waals surface area contributed by atoms with E-state index >= 15 is 0 Å². The highest BCUT2D eigenvalue weighted by Gasteiger charge is 2.34. The first-order valence-electron chi connectivity index (χ1n) is 8.91. The van der Waals surface area contributed by atoms with E-state index in [-0.39, 0.29) is 12.6 Å². The molecule has 2 heterocycles. The monoisotopic (exact) mass is 335 g/mol. The summed E-state index contributed by atoms with van der Waals surface area (Å²) in [4.78, 5) is 14.6. The van der Waals surface area contributed by atoms with E-state index < -0.39 is 5.60 Å². The molecule has 2 fully saturated rings. The predicted octanol–water partition coefficient (Wildman–Crippen LogP) is 1.89. The van der Waals surface area contributed by atoms with E-state index in [9.17, 15) is 9.90 Å². The van der Waals surface area contributed by atoms with Crippen LogP contribution in [-0.2, 0) is 5.60 Å². The molecule has 6 heteroatoms. The molecule has 1 saturated carbocycles. The average Bonchev–Trinajstić information content (AvgIpc) is 3.16. The first kappa shape index (κ1) is 17.3. The fourth-order valence-electron chi connectivity index (χ4n) is 3.61. The number of aliphatic hydroxyl groups is 1.